The Morgan fingerprint density at radius 2 is 1.58 bits per heavy atom. The van der Waals surface area contributed by atoms with E-state index in [1.54, 1.807) is 11.6 Å². The quantitative estimate of drug-likeness (QED) is 0.305. The fraction of sp³-hybridized carbons (Fsp3) is 0.115. The Kier molecular flexibility index (Phi) is 4.71. The van der Waals surface area contributed by atoms with E-state index in [0.717, 1.165) is 43.3 Å². The average Bonchev–Trinajstić information content (AvgIpc) is 3.14. The maximum absolute atomic E-state index is 13.5. The summed E-state index contributed by atoms with van der Waals surface area (Å²) in [5.74, 6) is 0.563. The molecule has 0 atom stereocenters. The molecule has 154 valence electrons. The first-order chi connectivity index (χ1) is 15.0. The van der Waals surface area contributed by atoms with Crippen LogP contribution in [-0.2, 0) is 7.05 Å². The Balaban J connectivity index is 1.92. The van der Waals surface area contributed by atoms with Crippen molar-refractivity contribution in [3.63, 3.8) is 0 Å². The number of pyridine rings is 1. The van der Waals surface area contributed by atoms with Crippen LogP contribution in [0.2, 0.25) is 0 Å². The molecule has 31 heavy (non-hydrogen) atoms. The van der Waals surface area contributed by atoms with E-state index in [0.29, 0.717) is 16.9 Å². The first-order valence-electron chi connectivity index (χ1n) is 10.1. The summed E-state index contributed by atoms with van der Waals surface area (Å²) in [4.78, 5) is 13.5. The van der Waals surface area contributed by atoms with Gasteiger partial charge < -0.3 is 14.3 Å². The molecule has 0 aliphatic heterocycles. The fourth-order valence-electron chi connectivity index (χ4n) is 4.19. The van der Waals surface area contributed by atoms with Gasteiger partial charge in [-0.25, -0.2) is 0 Å². The van der Waals surface area contributed by atoms with E-state index < -0.39 is 0 Å². The van der Waals surface area contributed by atoms with E-state index in [1.807, 2.05) is 54.6 Å². The zero-order valence-electron chi connectivity index (χ0n) is 17.5. The number of rotatable bonds is 3. The molecule has 5 aromatic rings. The van der Waals surface area contributed by atoms with Crippen molar-refractivity contribution in [2.75, 3.05) is 5.32 Å². The predicted octanol–water partition coefficient (Wildman–Crippen LogP) is 7.07. The first kappa shape index (κ1) is 19.6. The molecular weight excluding hydrogens is 452 g/mol. The Bertz CT molecular complexity index is 1510. The summed E-state index contributed by atoms with van der Waals surface area (Å²) >= 11 is 3.67. The number of benzene rings is 3. The van der Waals surface area contributed by atoms with Gasteiger partial charge in [0.25, 0.3) is 5.56 Å². The van der Waals surface area contributed by atoms with Crippen LogP contribution in [0.15, 0.2) is 80.4 Å². The normalized spacial score (nSPS) is 11.4. The number of aryl methyl sites for hydroxylation is 3. The summed E-state index contributed by atoms with van der Waals surface area (Å²) in [5, 5.41) is 4.98. The van der Waals surface area contributed by atoms with Crippen molar-refractivity contribution in [3.05, 3.63) is 92.7 Å². The van der Waals surface area contributed by atoms with Gasteiger partial charge in [0.05, 0.1) is 16.5 Å². The summed E-state index contributed by atoms with van der Waals surface area (Å²) in [6.45, 7) is 4.12. The minimum atomic E-state index is -0.0854. The number of hydrogen-bond acceptors (Lipinski definition) is 3. The van der Waals surface area contributed by atoms with E-state index >= 15 is 0 Å². The van der Waals surface area contributed by atoms with Gasteiger partial charge in [0.15, 0.2) is 5.58 Å². The number of halogens is 1. The lowest BCUT2D eigenvalue weighted by Crippen LogP contribution is -2.17. The topological polar surface area (TPSA) is 47.2 Å². The smallest absolute Gasteiger partial charge is 0.262 e. The largest absolute Gasteiger partial charge is 0.439 e. The van der Waals surface area contributed by atoms with Gasteiger partial charge in [-0.15, -0.1) is 0 Å². The van der Waals surface area contributed by atoms with Crippen LogP contribution >= 0.6 is 15.9 Å². The Morgan fingerprint density at radius 1 is 0.903 bits per heavy atom. The summed E-state index contributed by atoms with van der Waals surface area (Å²) in [6.07, 6.45) is 0. The zero-order valence-corrected chi connectivity index (χ0v) is 19.1. The molecule has 3 aromatic carbocycles. The lowest BCUT2D eigenvalue weighted by atomic mass is 10.0. The monoisotopic (exact) mass is 472 g/mol. The molecule has 2 aromatic heterocycles. The van der Waals surface area contributed by atoms with Gasteiger partial charge in [-0.1, -0.05) is 64.5 Å². The average molecular weight is 473 g/mol. The van der Waals surface area contributed by atoms with Crippen LogP contribution in [0.25, 0.3) is 33.0 Å². The molecule has 0 aliphatic rings. The molecule has 5 heteroatoms. The number of furan rings is 1. The van der Waals surface area contributed by atoms with Gasteiger partial charge in [0.1, 0.15) is 0 Å². The van der Waals surface area contributed by atoms with Crippen LogP contribution in [0.5, 0.6) is 0 Å². The van der Waals surface area contributed by atoms with Gasteiger partial charge in [-0.05, 0) is 43.2 Å². The van der Waals surface area contributed by atoms with Gasteiger partial charge in [0.2, 0.25) is 5.88 Å². The van der Waals surface area contributed by atoms with Crippen LogP contribution in [-0.4, -0.2) is 4.57 Å². The summed E-state index contributed by atoms with van der Waals surface area (Å²) < 4.78 is 9.02. The standard InChI is InChI=1S/C26H21BrN2O2/c1-15-9-8-10-16(2)23(15)28-25-21(17-11-4-6-13-19(17)27)22-24(31-25)18-12-5-7-14-20(18)29(3)26(22)30/h4-14,28H,1-3H3. The van der Waals surface area contributed by atoms with Crippen LogP contribution < -0.4 is 10.9 Å². The maximum atomic E-state index is 13.5. The number of hydrogen-bond donors (Lipinski definition) is 1. The van der Waals surface area contributed by atoms with E-state index in [1.165, 1.54) is 0 Å². The highest BCUT2D eigenvalue weighted by Gasteiger charge is 2.24. The first-order valence-corrected chi connectivity index (χ1v) is 10.9. The summed E-state index contributed by atoms with van der Waals surface area (Å²) in [7, 11) is 1.81. The third kappa shape index (κ3) is 3.08. The van der Waals surface area contributed by atoms with Crippen molar-refractivity contribution in [2.24, 2.45) is 7.05 Å². The van der Waals surface area contributed by atoms with Crippen molar-refractivity contribution >= 4 is 49.4 Å². The molecule has 0 spiro atoms. The molecule has 0 saturated heterocycles. The molecule has 5 rings (SSSR count). The zero-order chi connectivity index (χ0) is 21.7. The number of nitrogens with one attached hydrogen (secondary N) is 1. The molecule has 0 unspecified atom stereocenters. The highest BCUT2D eigenvalue weighted by Crippen LogP contribution is 2.43. The van der Waals surface area contributed by atoms with E-state index in [-0.39, 0.29) is 5.56 Å². The second kappa shape index (κ2) is 7.43. The number of nitrogens with zero attached hydrogens (tertiary/aromatic N) is 1. The molecule has 1 N–H and O–H groups in total. The number of anilines is 2. The van der Waals surface area contributed by atoms with Gasteiger partial charge >= 0.3 is 0 Å². The lowest BCUT2D eigenvalue weighted by molar-refractivity contribution is 0.637. The second-order valence-electron chi connectivity index (χ2n) is 7.76. The third-order valence-electron chi connectivity index (χ3n) is 5.80. The van der Waals surface area contributed by atoms with Crippen LogP contribution in [0.3, 0.4) is 0 Å². The molecule has 0 fully saturated rings. The number of aromatic nitrogens is 1. The van der Waals surface area contributed by atoms with E-state index in [4.69, 9.17) is 4.42 Å². The Labute approximate surface area is 188 Å². The minimum Gasteiger partial charge on any atom is -0.439 e. The predicted molar refractivity (Wildman–Crippen MR) is 131 cm³/mol. The lowest BCUT2D eigenvalue weighted by Gasteiger charge is -2.12. The molecule has 0 aliphatic carbocycles. The molecule has 2 heterocycles. The minimum absolute atomic E-state index is 0.0854. The number of fused-ring (bicyclic) bond motifs is 3. The fourth-order valence-corrected chi connectivity index (χ4v) is 4.68. The van der Waals surface area contributed by atoms with Crippen LogP contribution in [0.4, 0.5) is 11.6 Å². The maximum Gasteiger partial charge on any atom is 0.262 e. The van der Waals surface area contributed by atoms with Crippen molar-refractivity contribution in [3.8, 4) is 11.1 Å². The molecule has 4 nitrogen and oxygen atoms in total. The van der Waals surface area contributed by atoms with E-state index in [9.17, 15) is 4.79 Å². The molecule has 0 amide bonds. The highest BCUT2D eigenvalue weighted by molar-refractivity contribution is 9.10. The van der Waals surface area contributed by atoms with Crippen LogP contribution in [0, 0.1) is 13.8 Å². The molecule has 0 saturated carbocycles. The van der Waals surface area contributed by atoms with E-state index in [2.05, 4.69) is 47.2 Å². The number of para-hydroxylation sites is 2. The van der Waals surface area contributed by atoms with Crippen LogP contribution in [0.1, 0.15) is 11.1 Å². The van der Waals surface area contributed by atoms with Crippen molar-refractivity contribution in [2.45, 2.75) is 13.8 Å². The molecule has 0 radical (unpaired) electrons. The van der Waals surface area contributed by atoms with Gasteiger partial charge in [-0.2, -0.15) is 0 Å². The summed E-state index contributed by atoms with van der Waals surface area (Å²) in [5.41, 5.74) is 6.21. The highest BCUT2D eigenvalue weighted by atomic mass is 79.9. The SMILES string of the molecule is Cc1cccc(C)c1Nc1oc2c(c1-c1ccccc1Br)c(=O)n(C)c1ccccc21. The summed E-state index contributed by atoms with van der Waals surface area (Å²) in [6, 6.07) is 21.9. The van der Waals surface area contributed by atoms with Gasteiger partial charge in [-0.3, -0.25) is 4.79 Å². The second-order valence-corrected chi connectivity index (χ2v) is 8.62. The van der Waals surface area contributed by atoms with Crippen molar-refractivity contribution < 1.29 is 4.42 Å². The Hall–Kier alpha value is -3.31. The molecule has 0 bridgehead atoms. The molecular formula is C26H21BrN2O2. The Morgan fingerprint density at radius 3 is 2.32 bits per heavy atom. The van der Waals surface area contributed by atoms with Gasteiger partial charge in [0, 0.05) is 28.2 Å². The third-order valence-corrected chi connectivity index (χ3v) is 6.49. The van der Waals surface area contributed by atoms with Crippen molar-refractivity contribution in [1.82, 2.24) is 4.57 Å². The van der Waals surface area contributed by atoms with Crippen molar-refractivity contribution in [1.29, 1.82) is 0 Å².